The van der Waals surface area contributed by atoms with Gasteiger partial charge in [0.25, 0.3) is 0 Å². The number of hydrogen-bond acceptors (Lipinski definition) is 5. The van der Waals surface area contributed by atoms with E-state index in [1.807, 2.05) is 109 Å². The molecule has 0 fully saturated rings. The van der Waals surface area contributed by atoms with E-state index in [-0.39, 0.29) is 22.3 Å². The number of hydrogen-bond donors (Lipinski definition) is 2. The Morgan fingerprint density at radius 2 is 0.734 bits per heavy atom. The van der Waals surface area contributed by atoms with Crippen LogP contribution in [0.4, 0.5) is 0 Å². The number of phenols is 2. The quantitative estimate of drug-likeness (QED) is 0.159. The molecule has 5 heteroatoms. The molecule has 0 saturated heterocycles. The molecular weight excluding hydrogens is 821 g/mol. The van der Waals surface area contributed by atoms with Crippen molar-refractivity contribution in [3.63, 3.8) is 0 Å². The smallest absolute Gasteiger partial charge is 0.145 e. The lowest BCUT2D eigenvalue weighted by atomic mass is 9.72. The molecule has 8 aromatic rings. The van der Waals surface area contributed by atoms with Crippen LogP contribution in [0.25, 0.3) is 44.5 Å². The number of rotatable bonds is 8. The van der Waals surface area contributed by atoms with Crippen LogP contribution in [0, 0.1) is 0 Å². The van der Waals surface area contributed by atoms with Gasteiger partial charge in [0.2, 0.25) is 0 Å². The monoisotopic (exact) mass is 874 g/mol. The van der Waals surface area contributed by atoms with Crippen LogP contribution in [0.1, 0.15) is 77.6 Å². The summed E-state index contributed by atoms with van der Waals surface area (Å²) in [7, 11) is 0. The summed E-state index contributed by atoms with van der Waals surface area (Å²) in [6, 6.07) is 58.1. The summed E-state index contributed by atoms with van der Waals surface area (Å²) in [5, 5.41) is 23.7. The SMILES string of the molecule is CC(C)(C)c1cc(Sc2ccccc2-c2cccc(-c3ccccc3)c2O)c2c(c1)C(C)(C)c1cc(C(C)(C)C)cc(Sc3ccccc3-c3cccc(-c4ccccc4)c3O)c1O2. The molecule has 1 aliphatic rings. The Bertz CT molecular complexity index is 2820. The first-order valence-electron chi connectivity index (χ1n) is 21.9. The van der Waals surface area contributed by atoms with Crippen LogP contribution >= 0.6 is 23.5 Å². The van der Waals surface area contributed by atoms with Gasteiger partial charge in [0, 0.05) is 48.6 Å². The first-order valence-corrected chi connectivity index (χ1v) is 23.6. The summed E-state index contributed by atoms with van der Waals surface area (Å²) in [6.07, 6.45) is 0. The fourth-order valence-corrected chi connectivity index (χ4v) is 10.8. The minimum absolute atomic E-state index is 0.135. The maximum Gasteiger partial charge on any atom is 0.145 e. The standard InChI is InChI=1S/C59H54O3S2/c1-57(2,3)39-33-47-55(51(35-39)63-49-31-17-15-25-43(49)45-29-19-27-41(53(45)60)37-21-11-9-12-22-37)62-56-48(59(47,7)8)34-40(58(4,5)6)36-52(56)64-50-32-18-16-26-44(50)46-30-20-28-42(54(46)61)38-23-13-10-14-24-38/h9-36,60-61H,1-8H3. The third-order valence-corrected chi connectivity index (χ3v) is 14.6. The molecule has 0 saturated carbocycles. The van der Waals surface area contributed by atoms with E-state index >= 15 is 0 Å². The first-order chi connectivity index (χ1) is 30.6. The van der Waals surface area contributed by atoms with E-state index in [1.54, 1.807) is 23.5 Å². The van der Waals surface area contributed by atoms with E-state index in [0.717, 1.165) is 86.7 Å². The minimum atomic E-state index is -0.431. The van der Waals surface area contributed by atoms with E-state index in [4.69, 9.17) is 4.74 Å². The predicted octanol–water partition coefficient (Wildman–Crippen LogP) is 17.1. The van der Waals surface area contributed by atoms with Crippen molar-refractivity contribution in [1.82, 2.24) is 0 Å². The first kappa shape index (κ1) is 43.1. The number of aromatic hydroxyl groups is 2. The molecule has 9 rings (SSSR count). The van der Waals surface area contributed by atoms with Crippen LogP contribution in [0.15, 0.2) is 189 Å². The van der Waals surface area contributed by atoms with Crippen LogP contribution in [0.3, 0.4) is 0 Å². The number of fused-ring (bicyclic) bond motifs is 2. The van der Waals surface area contributed by atoms with E-state index in [2.05, 4.69) is 116 Å². The second-order valence-corrected chi connectivity index (χ2v) is 21.4. The molecule has 0 aliphatic carbocycles. The maximum atomic E-state index is 11.9. The highest BCUT2D eigenvalue weighted by Crippen LogP contribution is 2.58. The molecule has 8 aromatic carbocycles. The van der Waals surface area contributed by atoms with E-state index in [0.29, 0.717) is 0 Å². The molecular formula is C59H54O3S2. The summed E-state index contributed by atoms with van der Waals surface area (Å²) >= 11 is 3.37. The fraction of sp³-hybridized carbons (Fsp3) is 0.186. The van der Waals surface area contributed by atoms with Crippen molar-refractivity contribution >= 4 is 23.5 Å². The van der Waals surface area contributed by atoms with Crippen molar-refractivity contribution in [2.45, 2.75) is 91.2 Å². The van der Waals surface area contributed by atoms with Crippen LogP contribution in [0.2, 0.25) is 0 Å². The third kappa shape index (κ3) is 8.12. The fourth-order valence-electron chi connectivity index (χ4n) is 8.62. The Labute approximate surface area is 387 Å². The highest BCUT2D eigenvalue weighted by atomic mass is 32.2. The Morgan fingerprint density at radius 3 is 1.12 bits per heavy atom. The Hall–Kier alpha value is -6.14. The molecule has 1 heterocycles. The highest BCUT2D eigenvalue weighted by molar-refractivity contribution is 8.00. The Kier molecular flexibility index (Phi) is 11.3. The molecule has 0 unspecified atom stereocenters. The van der Waals surface area contributed by atoms with Gasteiger partial charge in [-0.05, 0) is 68.5 Å². The molecule has 0 aromatic heterocycles. The summed E-state index contributed by atoms with van der Waals surface area (Å²) in [5.74, 6) is 2.21. The normalized spacial score (nSPS) is 13.2. The van der Waals surface area contributed by atoms with Gasteiger partial charge in [0.1, 0.15) is 23.0 Å². The van der Waals surface area contributed by atoms with E-state index in [1.165, 1.54) is 11.1 Å². The summed E-state index contributed by atoms with van der Waals surface area (Å²) < 4.78 is 7.41. The van der Waals surface area contributed by atoms with Crippen molar-refractivity contribution < 1.29 is 14.9 Å². The average Bonchev–Trinajstić information content (AvgIpc) is 3.27. The zero-order valence-corrected chi connectivity index (χ0v) is 39.4. The number of phenolic OH excluding ortho intramolecular Hbond substituents is 2. The summed E-state index contributed by atoms with van der Waals surface area (Å²) in [5.41, 5.74) is 11.1. The van der Waals surface area contributed by atoms with Crippen molar-refractivity contribution in [2.75, 3.05) is 0 Å². The lowest BCUT2D eigenvalue weighted by Gasteiger charge is -2.39. The van der Waals surface area contributed by atoms with Crippen LogP contribution < -0.4 is 4.74 Å². The van der Waals surface area contributed by atoms with E-state index < -0.39 is 5.41 Å². The molecule has 0 radical (unpaired) electrons. The zero-order chi connectivity index (χ0) is 45.0. The summed E-state index contributed by atoms with van der Waals surface area (Å²) in [4.78, 5) is 4.08. The van der Waals surface area contributed by atoms with Gasteiger partial charge in [0.15, 0.2) is 0 Å². The molecule has 0 atom stereocenters. The zero-order valence-electron chi connectivity index (χ0n) is 37.8. The van der Waals surface area contributed by atoms with Crippen molar-refractivity contribution in [3.05, 3.63) is 192 Å². The van der Waals surface area contributed by atoms with Gasteiger partial charge in [-0.15, -0.1) is 0 Å². The molecule has 3 nitrogen and oxygen atoms in total. The largest absolute Gasteiger partial charge is 0.507 e. The Morgan fingerprint density at radius 1 is 0.391 bits per heavy atom. The topological polar surface area (TPSA) is 49.7 Å². The van der Waals surface area contributed by atoms with Crippen molar-refractivity contribution in [1.29, 1.82) is 0 Å². The van der Waals surface area contributed by atoms with Gasteiger partial charge in [-0.3, -0.25) is 0 Å². The molecule has 1 aliphatic heterocycles. The number of benzene rings is 8. The summed E-state index contributed by atoms with van der Waals surface area (Å²) in [6.45, 7) is 18.3. The van der Waals surface area contributed by atoms with Crippen LogP contribution in [0.5, 0.6) is 23.0 Å². The average molecular weight is 875 g/mol. The Balaban J connectivity index is 1.19. The van der Waals surface area contributed by atoms with Gasteiger partial charge in [0.05, 0.1) is 9.79 Å². The van der Waals surface area contributed by atoms with Crippen molar-refractivity contribution in [2.24, 2.45) is 0 Å². The van der Waals surface area contributed by atoms with Crippen LogP contribution in [-0.4, -0.2) is 10.2 Å². The van der Waals surface area contributed by atoms with Crippen LogP contribution in [-0.2, 0) is 16.2 Å². The van der Waals surface area contributed by atoms with E-state index in [9.17, 15) is 10.2 Å². The maximum absolute atomic E-state index is 11.9. The molecule has 64 heavy (non-hydrogen) atoms. The minimum Gasteiger partial charge on any atom is -0.507 e. The highest BCUT2D eigenvalue weighted by Gasteiger charge is 2.40. The van der Waals surface area contributed by atoms with Gasteiger partial charge < -0.3 is 14.9 Å². The van der Waals surface area contributed by atoms with Crippen molar-refractivity contribution in [3.8, 4) is 67.5 Å². The predicted molar refractivity (Wildman–Crippen MR) is 269 cm³/mol. The molecule has 320 valence electrons. The molecule has 0 spiro atoms. The number of ether oxygens (including phenoxy) is 1. The van der Waals surface area contributed by atoms with Gasteiger partial charge in [-0.1, -0.05) is 225 Å². The van der Waals surface area contributed by atoms with Gasteiger partial charge >= 0.3 is 0 Å². The second kappa shape index (κ2) is 16.8. The number of para-hydroxylation sites is 2. The van der Waals surface area contributed by atoms with Gasteiger partial charge in [-0.25, -0.2) is 0 Å². The molecule has 0 amide bonds. The second-order valence-electron chi connectivity index (χ2n) is 19.3. The lowest BCUT2D eigenvalue weighted by Crippen LogP contribution is -2.27. The molecule has 2 N–H and O–H groups in total. The van der Waals surface area contributed by atoms with Gasteiger partial charge in [-0.2, -0.15) is 0 Å². The third-order valence-electron chi connectivity index (χ3n) is 12.4. The lowest BCUT2D eigenvalue weighted by molar-refractivity contribution is 0.395. The molecule has 0 bridgehead atoms.